The molecule has 1 aromatic carbocycles. The lowest BCUT2D eigenvalue weighted by molar-refractivity contribution is 0.426. The van der Waals surface area contributed by atoms with Crippen molar-refractivity contribution in [2.45, 2.75) is 26.3 Å². The quantitative estimate of drug-likeness (QED) is 0.332. The molecule has 0 saturated heterocycles. The zero-order chi connectivity index (χ0) is 15.4. The summed E-state index contributed by atoms with van der Waals surface area (Å²) in [7, 11) is 0.623. The van der Waals surface area contributed by atoms with Gasteiger partial charge in [0.05, 0.1) is 0 Å². The summed E-state index contributed by atoms with van der Waals surface area (Å²) < 4.78 is 0. The Morgan fingerprint density at radius 3 is 2.30 bits per heavy atom. The lowest BCUT2D eigenvalue weighted by atomic mass is 9.80. The second-order valence-corrected chi connectivity index (χ2v) is 4.72. The van der Waals surface area contributed by atoms with E-state index in [9.17, 15) is 0 Å². The molecule has 0 aliphatic rings. The Morgan fingerprint density at radius 2 is 1.85 bits per heavy atom. The van der Waals surface area contributed by atoms with Crippen LogP contribution in [0.15, 0.2) is 36.9 Å². The summed E-state index contributed by atoms with van der Waals surface area (Å²) in [5, 5.41) is 23.7. The lowest BCUT2D eigenvalue weighted by Crippen LogP contribution is -2.29. The van der Waals surface area contributed by atoms with E-state index in [0.717, 1.165) is 18.7 Å². The van der Waals surface area contributed by atoms with Crippen LogP contribution in [0.3, 0.4) is 0 Å². The van der Waals surface area contributed by atoms with Crippen molar-refractivity contribution >= 4 is 12.6 Å². The second kappa shape index (κ2) is 11.7. The van der Waals surface area contributed by atoms with Gasteiger partial charge in [-0.1, -0.05) is 35.9 Å². The molecular formula is C15H27BN2O2. The Kier molecular flexibility index (Phi) is 11.0. The van der Waals surface area contributed by atoms with E-state index in [1.165, 1.54) is 6.42 Å². The zero-order valence-electron chi connectivity index (χ0n) is 12.8. The van der Waals surface area contributed by atoms with Crippen molar-refractivity contribution in [1.82, 2.24) is 10.6 Å². The first-order valence-corrected chi connectivity index (χ1v) is 6.94. The van der Waals surface area contributed by atoms with Crippen molar-refractivity contribution in [3.8, 4) is 0 Å². The van der Waals surface area contributed by atoms with Gasteiger partial charge in [-0.05, 0) is 45.9 Å². The smallest absolute Gasteiger partial charge is 0.423 e. The minimum absolute atomic E-state index is 0.442. The summed E-state index contributed by atoms with van der Waals surface area (Å²) in [6, 6.07) is 7.51. The van der Waals surface area contributed by atoms with E-state index in [0.29, 0.717) is 11.5 Å². The van der Waals surface area contributed by atoms with Crippen LogP contribution in [0.4, 0.5) is 0 Å². The van der Waals surface area contributed by atoms with Gasteiger partial charge in [0.25, 0.3) is 0 Å². The van der Waals surface area contributed by atoms with E-state index in [1.807, 2.05) is 32.2 Å². The Hall–Kier alpha value is -1.14. The second-order valence-electron chi connectivity index (χ2n) is 4.72. The molecule has 0 aliphatic carbocycles. The molecule has 0 radical (unpaired) electrons. The molecule has 4 nitrogen and oxygen atoms in total. The Labute approximate surface area is 123 Å². The predicted molar refractivity (Wildman–Crippen MR) is 87.2 cm³/mol. The summed E-state index contributed by atoms with van der Waals surface area (Å²) in [5.74, 6) is 0. The van der Waals surface area contributed by atoms with Crippen molar-refractivity contribution in [2.75, 3.05) is 20.1 Å². The summed E-state index contributed by atoms with van der Waals surface area (Å²) in [6.07, 6.45) is 3.09. The molecule has 0 saturated carbocycles. The SMILES string of the molecule is C=CC(C)NCCCNC.Cc1ccc(B(O)O)cc1. The molecule has 1 unspecified atom stereocenters. The molecule has 0 aromatic heterocycles. The molecule has 0 fully saturated rings. The van der Waals surface area contributed by atoms with Gasteiger partial charge in [0.15, 0.2) is 0 Å². The van der Waals surface area contributed by atoms with Crippen molar-refractivity contribution in [3.63, 3.8) is 0 Å². The molecule has 0 heterocycles. The number of rotatable bonds is 7. The fraction of sp³-hybridized carbons (Fsp3) is 0.467. The summed E-state index contributed by atoms with van der Waals surface area (Å²) in [6.45, 7) is 9.88. The van der Waals surface area contributed by atoms with Crippen LogP contribution < -0.4 is 16.1 Å². The van der Waals surface area contributed by atoms with Gasteiger partial charge in [-0.2, -0.15) is 0 Å². The molecule has 20 heavy (non-hydrogen) atoms. The first-order chi connectivity index (χ1) is 9.51. The molecule has 5 heteroatoms. The Morgan fingerprint density at radius 1 is 1.25 bits per heavy atom. The maximum Gasteiger partial charge on any atom is 0.488 e. The van der Waals surface area contributed by atoms with Gasteiger partial charge in [0.1, 0.15) is 0 Å². The highest BCUT2D eigenvalue weighted by Crippen LogP contribution is 1.92. The van der Waals surface area contributed by atoms with Gasteiger partial charge in [0, 0.05) is 6.04 Å². The molecule has 1 rings (SSSR count). The van der Waals surface area contributed by atoms with E-state index in [4.69, 9.17) is 10.0 Å². The monoisotopic (exact) mass is 278 g/mol. The van der Waals surface area contributed by atoms with Crippen molar-refractivity contribution in [1.29, 1.82) is 0 Å². The van der Waals surface area contributed by atoms with Crippen molar-refractivity contribution in [2.24, 2.45) is 0 Å². The number of hydrogen-bond acceptors (Lipinski definition) is 4. The first kappa shape index (κ1) is 18.9. The van der Waals surface area contributed by atoms with E-state index in [2.05, 4.69) is 24.1 Å². The highest BCUT2D eigenvalue weighted by molar-refractivity contribution is 6.58. The van der Waals surface area contributed by atoms with Crippen LogP contribution in [0.5, 0.6) is 0 Å². The lowest BCUT2D eigenvalue weighted by Gasteiger charge is -2.07. The average molecular weight is 278 g/mol. The number of benzene rings is 1. The molecule has 1 atom stereocenters. The molecule has 0 spiro atoms. The fourth-order valence-corrected chi connectivity index (χ4v) is 1.42. The Bertz CT molecular complexity index is 355. The number of aryl methyl sites for hydroxylation is 1. The first-order valence-electron chi connectivity index (χ1n) is 6.94. The fourth-order valence-electron chi connectivity index (χ4n) is 1.42. The average Bonchev–Trinajstić information content (AvgIpc) is 2.44. The van der Waals surface area contributed by atoms with Gasteiger partial charge in [-0.25, -0.2) is 0 Å². The molecule has 112 valence electrons. The maximum atomic E-state index is 8.67. The van der Waals surface area contributed by atoms with Gasteiger partial charge < -0.3 is 20.7 Å². The van der Waals surface area contributed by atoms with E-state index < -0.39 is 7.12 Å². The topological polar surface area (TPSA) is 64.5 Å². The summed E-state index contributed by atoms with van der Waals surface area (Å²) in [4.78, 5) is 0. The van der Waals surface area contributed by atoms with Crippen LogP contribution in [-0.2, 0) is 0 Å². The molecule has 0 aliphatic heterocycles. The largest absolute Gasteiger partial charge is 0.488 e. The highest BCUT2D eigenvalue weighted by atomic mass is 16.4. The van der Waals surface area contributed by atoms with E-state index in [-0.39, 0.29) is 0 Å². The normalized spacial score (nSPS) is 11.2. The van der Waals surface area contributed by atoms with Gasteiger partial charge in [-0.3, -0.25) is 0 Å². The molecule has 0 amide bonds. The van der Waals surface area contributed by atoms with E-state index >= 15 is 0 Å². The summed E-state index contributed by atoms with van der Waals surface area (Å²) >= 11 is 0. The van der Waals surface area contributed by atoms with Crippen molar-refractivity contribution < 1.29 is 10.0 Å². The molecule has 0 bridgehead atoms. The zero-order valence-corrected chi connectivity index (χ0v) is 12.8. The Balaban J connectivity index is 0.000000361. The van der Waals surface area contributed by atoms with E-state index in [1.54, 1.807) is 12.1 Å². The third kappa shape index (κ3) is 9.75. The predicted octanol–water partition coefficient (Wildman–Crippen LogP) is 0.435. The van der Waals surface area contributed by atoms with Crippen LogP contribution in [-0.4, -0.2) is 43.3 Å². The van der Waals surface area contributed by atoms with Gasteiger partial charge in [0.2, 0.25) is 0 Å². The molecular weight excluding hydrogens is 251 g/mol. The highest BCUT2D eigenvalue weighted by Gasteiger charge is 2.08. The van der Waals surface area contributed by atoms with Crippen LogP contribution in [0, 0.1) is 6.92 Å². The number of nitrogens with one attached hydrogen (secondary N) is 2. The van der Waals surface area contributed by atoms with Crippen LogP contribution in [0.1, 0.15) is 18.9 Å². The molecule has 1 aromatic rings. The third-order valence-corrected chi connectivity index (χ3v) is 2.80. The van der Waals surface area contributed by atoms with Gasteiger partial charge in [-0.15, -0.1) is 6.58 Å². The number of hydrogen-bond donors (Lipinski definition) is 4. The van der Waals surface area contributed by atoms with Gasteiger partial charge >= 0.3 is 7.12 Å². The minimum Gasteiger partial charge on any atom is -0.423 e. The third-order valence-electron chi connectivity index (χ3n) is 2.80. The van der Waals surface area contributed by atoms with Crippen LogP contribution >= 0.6 is 0 Å². The standard InChI is InChI=1S/C8H18N2.C7H9BO2/c1-4-8(2)10-7-5-6-9-3;1-6-2-4-7(5-3-6)8(9)10/h4,8-10H,1,5-7H2,2-3H3;2-5,9-10H,1H3. The maximum absolute atomic E-state index is 8.67. The molecule has 4 N–H and O–H groups in total. The van der Waals surface area contributed by atoms with Crippen molar-refractivity contribution in [3.05, 3.63) is 42.5 Å². The van der Waals surface area contributed by atoms with Crippen LogP contribution in [0.2, 0.25) is 0 Å². The minimum atomic E-state index is -1.35. The summed E-state index contributed by atoms with van der Waals surface area (Å²) in [5.41, 5.74) is 1.65. The van der Waals surface area contributed by atoms with Crippen LogP contribution in [0.25, 0.3) is 0 Å².